The van der Waals surface area contributed by atoms with E-state index in [1.54, 1.807) is 0 Å². The van der Waals surface area contributed by atoms with Crippen LogP contribution in [0.2, 0.25) is 5.02 Å². The van der Waals surface area contributed by atoms with Gasteiger partial charge in [0.15, 0.2) is 0 Å². The van der Waals surface area contributed by atoms with Crippen LogP contribution in [0.4, 0.5) is 0 Å². The second-order valence-electron chi connectivity index (χ2n) is 7.83. The largest absolute Gasteiger partial charge is 0.494 e. The van der Waals surface area contributed by atoms with Gasteiger partial charge in [-0.15, -0.1) is 0 Å². The first-order valence-electron chi connectivity index (χ1n) is 10.6. The summed E-state index contributed by atoms with van der Waals surface area (Å²) in [6.45, 7) is 7.91. The Balaban J connectivity index is 1.56. The van der Waals surface area contributed by atoms with Gasteiger partial charge in [-0.25, -0.2) is 4.98 Å². The SMILES string of the molecule is Cc1cc(OCCCCn2c(CCNC(=O)C(C)C)nc3ccccc32)ccc1Cl. The molecule has 2 aromatic carbocycles. The van der Waals surface area contributed by atoms with Gasteiger partial charge in [0, 0.05) is 30.5 Å². The highest BCUT2D eigenvalue weighted by Gasteiger charge is 2.11. The second kappa shape index (κ2) is 10.5. The van der Waals surface area contributed by atoms with Gasteiger partial charge in [0.2, 0.25) is 5.91 Å². The molecule has 0 saturated heterocycles. The van der Waals surface area contributed by atoms with Crippen LogP contribution in [0, 0.1) is 12.8 Å². The van der Waals surface area contributed by atoms with Crippen molar-refractivity contribution < 1.29 is 9.53 Å². The predicted octanol–water partition coefficient (Wildman–Crippen LogP) is 5.17. The van der Waals surface area contributed by atoms with Crippen molar-refractivity contribution in [2.24, 2.45) is 5.92 Å². The Bertz CT molecular complexity index is 997. The van der Waals surface area contributed by atoms with Crippen LogP contribution in [-0.4, -0.2) is 28.6 Å². The van der Waals surface area contributed by atoms with Crippen molar-refractivity contribution in [1.82, 2.24) is 14.9 Å². The minimum Gasteiger partial charge on any atom is -0.494 e. The molecular formula is C24H30ClN3O2. The molecule has 5 nitrogen and oxygen atoms in total. The molecule has 0 unspecified atom stereocenters. The summed E-state index contributed by atoms with van der Waals surface area (Å²) in [6, 6.07) is 13.9. The van der Waals surface area contributed by atoms with Crippen molar-refractivity contribution in [2.75, 3.05) is 13.2 Å². The number of hydrogen-bond donors (Lipinski definition) is 1. The molecule has 0 spiro atoms. The molecule has 3 aromatic rings. The molecule has 3 rings (SSSR count). The maximum atomic E-state index is 11.8. The van der Waals surface area contributed by atoms with E-state index in [4.69, 9.17) is 21.3 Å². The third-order valence-corrected chi connectivity index (χ3v) is 5.50. The number of halogens is 1. The summed E-state index contributed by atoms with van der Waals surface area (Å²) >= 11 is 6.07. The number of aromatic nitrogens is 2. The minimum atomic E-state index is -0.00625. The molecule has 1 heterocycles. The first kappa shape index (κ1) is 22.2. The maximum absolute atomic E-state index is 11.8. The highest BCUT2D eigenvalue weighted by atomic mass is 35.5. The number of rotatable bonds is 10. The number of ether oxygens (including phenoxy) is 1. The maximum Gasteiger partial charge on any atom is 0.222 e. The zero-order valence-electron chi connectivity index (χ0n) is 18.0. The number of benzene rings is 2. The molecule has 0 bridgehead atoms. The fraction of sp³-hybridized carbons (Fsp3) is 0.417. The quantitative estimate of drug-likeness (QED) is 0.454. The third-order valence-electron chi connectivity index (χ3n) is 5.08. The zero-order valence-corrected chi connectivity index (χ0v) is 18.7. The molecule has 0 aliphatic rings. The molecule has 30 heavy (non-hydrogen) atoms. The molecule has 0 radical (unpaired) electrons. The van der Waals surface area contributed by atoms with Gasteiger partial charge < -0.3 is 14.6 Å². The third kappa shape index (κ3) is 5.76. The van der Waals surface area contributed by atoms with E-state index in [9.17, 15) is 4.79 Å². The molecule has 160 valence electrons. The fourth-order valence-electron chi connectivity index (χ4n) is 3.34. The monoisotopic (exact) mass is 427 g/mol. The molecular weight excluding hydrogens is 398 g/mol. The van der Waals surface area contributed by atoms with Gasteiger partial charge >= 0.3 is 0 Å². The summed E-state index contributed by atoms with van der Waals surface area (Å²) in [5, 5.41) is 3.74. The average Bonchev–Trinajstić information content (AvgIpc) is 3.07. The molecule has 1 aromatic heterocycles. The van der Waals surface area contributed by atoms with Crippen LogP contribution in [-0.2, 0) is 17.8 Å². The number of nitrogens with zero attached hydrogens (tertiary/aromatic N) is 2. The Labute approximate surface area is 183 Å². The Morgan fingerprint density at radius 1 is 1.20 bits per heavy atom. The Morgan fingerprint density at radius 3 is 2.77 bits per heavy atom. The lowest BCUT2D eigenvalue weighted by molar-refractivity contribution is -0.123. The number of para-hydroxylation sites is 2. The first-order chi connectivity index (χ1) is 14.5. The number of carbonyl (C=O) groups excluding carboxylic acids is 1. The molecule has 0 aliphatic carbocycles. The van der Waals surface area contributed by atoms with Crippen molar-refractivity contribution in [3.05, 3.63) is 58.9 Å². The van der Waals surface area contributed by atoms with E-state index in [0.717, 1.165) is 52.6 Å². The average molecular weight is 428 g/mol. The van der Waals surface area contributed by atoms with Crippen molar-refractivity contribution in [3.8, 4) is 5.75 Å². The number of amides is 1. The fourth-order valence-corrected chi connectivity index (χ4v) is 3.45. The van der Waals surface area contributed by atoms with Crippen LogP contribution in [0.15, 0.2) is 42.5 Å². The van der Waals surface area contributed by atoms with E-state index in [-0.39, 0.29) is 11.8 Å². The van der Waals surface area contributed by atoms with Gasteiger partial charge in [-0.2, -0.15) is 0 Å². The standard InChI is InChI=1S/C24H30ClN3O2/c1-17(2)24(29)26-13-12-23-27-21-8-4-5-9-22(21)28(23)14-6-7-15-30-19-10-11-20(25)18(3)16-19/h4-5,8-11,16-17H,6-7,12-15H2,1-3H3,(H,26,29). The van der Waals surface area contributed by atoms with Crippen LogP contribution >= 0.6 is 11.6 Å². The Kier molecular flexibility index (Phi) is 7.75. The highest BCUT2D eigenvalue weighted by Crippen LogP contribution is 2.21. The van der Waals surface area contributed by atoms with Crippen LogP contribution in [0.25, 0.3) is 11.0 Å². The molecule has 0 saturated carbocycles. The van der Waals surface area contributed by atoms with Gasteiger partial charge in [-0.3, -0.25) is 4.79 Å². The van der Waals surface area contributed by atoms with Crippen molar-refractivity contribution >= 4 is 28.5 Å². The predicted molar refractivity (Wildman–Crippen MR) is 122 cm³/mol. The van der Waals surface area contributed by atoms with E-state index in [1.165, 1.54) is 0 Å². The number of aryl methyl sites for hydroxylation is 2. The first-order valence-corrected chi connectivity index (χ1v) is 10.9. The molecule has 0 aliphatic heterocycles. The van der Waals surface area contributed by atoms with Gasteiger partial charge in [-0.1, -0.05) is 37.6 Å². The second-order valence-corrected chi connectivity index (χ2v) is 8.24. The Morgan fingerprint density at radius 2 is 2.00 bits per heavy atom. The number of nitrogens with one attached hydrogen (secondary N) is 1. The van der Waals surface area contributed by atoms with E-state index in [2.05, 4.69) is 16.0 Å². The van der Waals surface area contributed by atoms with Crippen LogP contribution in [0.1, 0.15) is 38.1 Å². The summed E-state index contributed by atoms with van der Waals surface area (Å²) < 4.78 is 8.13. The van der Waals surface area contributed by atoms with E-state index >= 15 is 0 Å². The van der Waals surface area contributed by atoms with Gasteiger partial charge in [-0.05, 0) is 55.7 Å². The summed E-state index contributed by atoms with van der Waals surface area (Å²) in [7, 11) is 0. The molecule has 1 N–H and O–H groups in total. The van der Waals surface area contributed by atoms with Crippen LogP contribution in [0.3, 0.4) is 0 Å². The van der Waals surface area contributed by atoms with Crippen molar-refractivity contribution in [3.63, 3.8) is 0 Å². The van der Waals surface area contributed by atoms with E-state index in [1.807, 2.05) is 57.2 Å². The minimum absolute atomic E-state index is 0.00625. The summed E-state index contributed by atoms with van der Waals surface area (Å²) in [5.41, 5.74) is 3.15. The summed E-state index contributed by atoms with van der Waals surface area (Å²) in [4.78, 5) is 16.6. The van der Waals surface area contributed by atoms with Gasteiger partial charge in [0.25, 0.3) is 0 Å². The zero-order chi connectivity index (χ0) is 21.5. The number of imidazole rings is 1. The smallest absolute Gasteiger partial charge is 0.222 e. The number of fused-ring (bicyclic) bond motifs is 1. The lowest BCUT2D eigenvalue weighted by atomic mass is 10.2. The van der Waals surface area contributed by atoms with Crippen LogP contribution < -0.4 is 10.1 Å². The molecule has 0 atom stereocenters. The van der Waals surface area contributed by atoms with Crippen molar-refractivity contribution in [1.29, 1.82) is 0 Å². The normalized spacial score (nSPS) is 11.2. The molecule has 6 heteroatoms. The Hall–Kier alpha value is -2.53. The molecule has 1 amide bonds. The number of carbonyl (C=O) groups is 1. The summed E-state index contributed by atoms with van der Waals surface area (Å²) in [6.07, 6.45) is 2.64. The van der Waals surface area contributed by atoms with E-state index in [0.29, 0.717) is 19.6 Å². The lowest BCUT2D eigenvalue weighted by Crippen LogP contribution is -2.30. The van der Waals surface area contributed by atoms with Gasteiger partial charge in [0.1, 0.15) is 11.6 Å². The van der Waals surface area contributed by atoms with Crippen LogP contribution in [0.5, 0.6) is 5.75 Å². The number of hydrogen-bond acceptors (Lipinski definition) is 3. The number of unbranched alkanes of at least 4 members (excludes halogenated alkanes) is 1. The molecule has 0 fully saturated rings. The van der Waals surface area contributed by atoms with Crippen molar-refractivity contribution in [2.45, 2.75) is 46.6 Å². The lowest BCUT2D eigenvalue weighted by Gasteiger charge is -2.11. The van der Waals surface area contributed by atoms with E-state index < -0.39 is 0 Å². The highest BCUT2D eigenvalue weighted by molar-refractivity contribution is 6.31. The topological polar surface area (TPSA) is 56.1 Å². The summed E-state index contributed by atoms with van der Waals surface area (Å²) in [5.74, 6) is 1.93. The van der Waals surface area contributed by atoms with Gasteiger partial charge in [0.05, 0.1) is 17.6 Å².